The van der Waals surface area contributed by atoms with E-state index in [-0.39, 0.29) is 109 Å². The molecule has 4 nitrogen and oxygen atoms in total. The van der Waals surface area contributed by atoms with Gasteiger partial charge in [-0.1, -0.05) is 7.12 Å². The molecule has 0 unspecified atom stereocenters. The van der Waals surface area contributed by atoms with Gasteiger partial charge in [0, 0.05) is 11.4 Å². The number of hydrogen-bond donors (Lipinski definition) is 0. The molecule has 0 radical (unpaired) electrons. The maximum Gasteiger partial charge on any atom is 1.00 e. The van der Waals surface area contributed by atoms with Crippen molar-refractivity contribution in [3.8, 4) is 0 Å². The van der Waals surface area contributed by atoms with Crippen LogP contribution in [0.5, 0.6) is 0 Å². The van der Waals surface area contributed by atoms with Gasteiger partial charge >= 0.3 is 121 Å². The van der Waals surface area contributed by atoms with Gasteiger partial charge in [0.1, 0.15) is 6.54 Å². The van der Waals surface area contributed by atoms with Crippen LogP contribution < -0.4 is 113 Å². The van der Waals surface area contributed by atoms with Crippen LogP contribution in [0.4, 0.5) is 35.2 Å². The van der Waals surface area contributed by atoms with E-state index in [1.54, 1.807) is 0 Å². The molecular formula is C6H3BF8K2N2O2. The van der Waals surface area contributed by atoms with E-state index < -0.39 is 47.5 Å². The Bertz CT molecular complexity index is 393. The summed E-state index contributed by atoms with van der Waals surface area (Å²) in [5, 5.41) is 17.8. The van der Waals surface area contributed by atoms with Crippen LogP contribution in [0.3, 0.4) is 0 Å². The molecule has 0 saturated heterocycles. The molecule has 0 fully saturated rings. The van der Waals surface area contributed by atoms with Gasteiger partial charge in [-0.3, -0.25) is 5.01 Å². The third-order valence-corrected chi connectivity index (χ3v) is 2.12. The Morgan fingerprint density at radius 2 is 1.52 bits per heavy atom. The van der Waals surface area contributed by atoms with Crippen LogP contribution >= 0.6 is 0 Å². The average molecular weight is 376 g/mol. The third-order valence-electron chi connectivity index (χ3n) is 2.12. The first-order chi connectivity index (χ1) is 8.30. The summed E-state index contributed by atoms with van der Waals surface area (Å²) in [5.41, 5.74) is -1.99. The Morgan fingerprint density at radius 1 is 1.10 bits per heavy atom. The molecule has 1 aliphatic rings. The van der Waals surface area contributed by atoms with Gasteiger partial charge in [0.25, 0.3) is 0 Å². The fourth-order valence-electron chi connectivity index (χ4n) is 1.16. The summed E-state index contributed by atoms with van der Waals surface area (Å²) < 4.78 is 99.2. The standard InChI is InChI=1S/C6H3BF8N2O2.2K/c8-4(9,6(12,13)14)2-16-1-3(7(18)19)5(10,11)17(16)15;;/h1H,2H2;;/q-2;2*+1. The van der Waals surface area contributed by atoms with Crippen LogP contribution in [0, 0.1) is 0 Å². The molecule has 1 heterocycles. The van der Waals surface area contributed by atoms with Gasteiger partial charge < -0.3 is 10.0 Å². The zero-order valence-corrected chi connectivity index (χ0v) is 16.8. The van der Waals surface area contributed by atoms with E-state index in [1.165, 1.54) is 0 Å². The fourth-order valence-corrected chi connectivity index (χ4v) is 1.16. The summed E-state index contributed by atoms with van der Waals surface area (Å²) in [6.07, 6.45) is -6.46. The van der Waals surface area contributed by atoms with E-state index >= 15 is 0 Å². The van der Waals surface area contributed by atoms with Crippen molar-refractivity contribution >= 4 is 7.12 Å². The first kappa shape index (κ1) is 25.4. The molecule has 1 rings (SSSR count). The van der Waals surface area contributed by atoms with Crippen LogP contribution in [-0.4, -0.2) is 42.0 Å². The topological polar surface area (TPSA) is 52.6 Å². The SMILES string of the molecule is [K+].[K+].[O-]B([O-])C1=CN(CC(F)(F)C(F)(F)F)N(F)C1(F)F. The van der Waals surface area contributed by atoms with Crippen LogP contribution in [0.2, 0.25) is 0 Å². The average Bonchev–Trinajstić information content (AvgIpc) is 2.39. The minimum Gasteiger partial charge on any atom is -0.889 e. The number of hydrogen-bond acceptors (Lipinski definition) is 4. The molecule has 0 N–H and O–H groups in total. The summed E-state index contributed by atoms with van der Waals surface area (Å²) in [6, 6.07) is -4.87. The summed E-state index contributed by atoms with van der Waals surface area (Å²) in [4.78, 5) is 0. The summed E-state index contributed by atoms with van der Waals surface area (Å²) in [6.45, 7) is -2.53. The first-order valence-corrected chi connectivity index (χ1v) is 4.39. The van der Waals surface area contributed by atoms with Gasteiger partial charge in [0.15, 0.2) is 0 Å². The molecule has 0 spiro atoms. The molecule has 15 heteroatoms. The predicted octanol–water partition coefficient (Wildman–Crippen LogP) is -6.17. The van der Waals surface area contributed by atoms with Crippen LogP contribution in [-0.2, 0) is 0 Å². The van der Waals surface area contributed by atoms with E-state index in [9.17, 15) is 45.3 Å². The fraction of sp³-hybridized carbons (Fsp3) is 0.667. The zero-order chi connectivity index (χ0) is 15.2. The second-order valence-corrected chi connectivity index (χ2v) is 3.52. The van der Waals surface area contributed by atoms with Crippen molar-refractivity contribution < 1.29 is 148 Å². The van der Waals surface area contributed by atoms with Crippen LogP contribution in [0.1, 0.15) is 0 Å². The van der Waals surface area contributed by atoms with Crippen molar-refractivity contribution in [2.45, 2.75) is 18.1 Å². The van der Waals surface area contributed by atoms with Crippen molar-refractivity contribution in [2.75, 3.05) is 6.54 Å². The molecule has 21 heavy (non-hydrogen) atoms. The number of alkyl halides is 7. The van der Waals surface area contributed by atoms with Gasteiger partial charge in [-0.05, 0) is 5.47 Å². The number of rotatable bonds is 3. The quantitative estimate of drug-likeness (QED) is 0.213. The normalized spacial score (nSPS) is 18.8. The Morgan fingerprint density at radius 3 is 1.81 bits per heavy atom. The predicted molar refractivity (Wildman–Crippen MR) is 39.4 cm³/mol. The van der Waals surface area contributed by atoms with Crippen molar-refractivity contribution in [2.24, 2.45) is 0 Å². The largest absolute Gasteiger partial charge is 1.00 e. The molecule has 0 saturated carbocycles. The Balaban J connectivity index is 0. The minimum absolute atomic E-state index is 0. The molecule has 0 aromatic rings. The molecule has 1 aliphatic heterocycles. The van der Waals surface area contributed by atoms with E-state index in [4.69, 9.17) is 0 Å². The first-order valence-electron chi connectivity index (χ1n) is 4.39. The molecule has 0 aromatic carbocycles. The number of halogens is 8. The van der Waals surface area contributed by atoms with Crippen molar-refractivity contribution in [3.05, 3.63) is 11.7 Å². The number of hydrazine groups is 1. The molecule has 0 atom stereocenters. The van der Waals surface area contributed by atoms with E-state index in [1.807, 2.05) is 0 Å². The zero-order valence-electron chi connectivity index (χ0n) is 10.6. The summed E-state index contributed by atoms with van der Waals surface area (Å²) in [5.74, 6) is -5.51. The Hall–Kier alpha value is 2.20. The summed E-state index contributed by atoms with van der Waals surface area (Å²) in [7, 11) is -3.42. The number of nitrogens with zero attached hydrogens (tertiary/aromatic N) is 2. The van der Waals surface area contributed by atoms with E-state index in [0.29, 0.717) is 0 Å². The van der Waals surface area contributed by atoms with Crippen LogP contribution in [0.25, 0.3) is 0 Å². The van der Waals surface area contributed by atoms with Gasteiger partial charge in [-0.2, -0.15) is 30.7 Å². The van der Waals surface area contributed by atoms with E-state index in [2.05, 4.69) is 0 Å². The van der Waals surface area contributed by atoms with Gasteiger partial charge in [0.05, 0.1) is 0 Å². The molecule has 0 bridgehead atoms. The molecule has 0 aromatic heterocycles. The second kappa shape index (κ2) is 8.53. The maximum absolute atomic E-state index is 12.9. The van der Waals surface area contributed by atoms with Crippen LogP contribution in [0.15, 0.2) is 11.7 Å². The minimum atomic E-state index is -6.10. The third kappa shape index (κ3) is 5.60. The smallest absolute Gasteiger partial charge is 0.889 e. The molecular weight excluding hydrogens is 373 g/mol. The maximum atomic E-state index is 12.9. The van der Waals surface area contributed by atoms with Gasteiger partial charge in [0.2, 0.25) is 0 Å². The van der Waals surface area contributed by atoms with Gasteiger partial charge in [-0.25, -0.2) is 0 Å². The molecule has 110 valence electrons. The van der Waals surface area contributed by atoms with Crippen molar-refractivity contribution in [1.82, 2.24) is 10.2 Å². The second-order valence-electron chi connectivity index (χ2n) is 3.52. The summed E-state index contributed by atoms with van der Waals surface area (Å²) >= 11 is 0. The van der Waals surface area contributed by atoms with Crippen molar-refractivity contribution in [3.63, 3.8) is 0 Å². The monoisotopic (exact) mass is 376 g/mol. The van der Waals surface area contributed by atoms with Gasteiger partial charge in [-0.15, -0.1) is 4.48 Å². The Labute approximate surface area is 198 Å². The van der Waals surface area contributed by atoms with E-state index in [0.717, 1.165) is 0 Å². The Kier molecular flexibility index (Phi) is 10.3. The van der Waals surface area contributed by atoms with Crippen molar-refractivity contribution in [1.29, 1.82) is 0 Å². The molecule has 0 aliphatic carbocycles. The molecule has 0 amide bonds.